The van der Waals surface area contributed by atoms with Gasteiger partial charge in [0.1, 0.15) is 12.0 Å². The standard InChI is InChI=1S/C21H22Cl2N6/c22-16-6-7-17(23)18(12-16)27-20-19(24)21(26-14-25-20)29-10-8-28(9-11-29)13-15-4-2-1-3-5-15/h1-7,12,14H,8-11,13,24H2,(H,25,26,27). The van der Waals surface area contributed by atoms with Crippen molar-refractivity contribution in [2.45, 2.75) is 6.54 Å². The largest absolute Gasteiger partial charge is 0.393 e. The van der Waals surface area contributed by atoms with E-state index in [-0.39, 0.29) is 0 Å². The van der Waals surface area contributed by atoms with Crippen LogP contribution < -0.4 is 16.0 Å². The Morgan fingerprint density at radius 1 is 0.966 bits per heavy atom. The van der Waals surface area contributed by atoms with Gasteiger partial charge in [-0.3, -0.25) is 4.90 Å². The van der Waals surface area contributed by atoms with Crippen LogP contribution in [0.3, 0.4) is 0 Å². The lowest BCUT2D eigenvalue weighted by molar-refractivity contribution is 0.249. The molecule has 6 nitrogen and oxygen atoms in total. The minimum absolute atomic E-state index is 0.500. The van der Waals surface area contributed by atoms with Crippen LogP contribution >= 0.6 is 23.2 Å². The molecule has 0 bridgehead atoms. The molecule has 0 unspecified atom stereocenters. The summed E-state index contributed by atoms with van der Waals surface area (Å²) >= 11 is 12.3. The van der Waals surface area contributed by atoms with Crippen molar-refractivity contribution in [1.29, 1.82) is 0 Å². The monoisotopic (exact) mass is 428 g/mol. The third kappa shape index (κ3) is 4.72. The van der Waals surface area contributed by atoms with E-state index in [1.165, 1.54) is 11.9 Å². The van der Waals surface area contributed by atoms with E-state index in [1.54, 1.807) is 18.2 Å². The van der Waals surface area contributed by atoms with Gasteiger partial charge in [-0.05, 0) is 23.8 Å². The van der Waals surface area contributed by atoms with Gasteiger partial charge in [-0.15, -0.1) is 0 Å². The van der Waals surface area contributed by atoms with Gasteiger partial charge in [0.2, 0.25) is 0 Å². The summed E-state index contributed by atoms with van der Waals surface area (Å²) in [7, 11) is 0. The summed E-state index contributed by atoms with van der Waals surface area (Å²) in [5.74, 6) is 1.26. The van der Waals surface area contributed by atoms with Gasteiger partial charge in [-0.25, -0.2) is 9.97 Å². The fraction of sp³-hybridized carbons (Fsp3) is 0.238. The highest BCUT2D eigenvalue weighted by molar-refractivity contribution is 6.35. The van der Waals surface area contributed by atoms with Crippen molar-refractivity contribution in [3.05, 3.63) is 70.5 Å². The number of halogens is 2. The highest BCUT2D eigenvalue weighted by Gasteiger charge is 2.21. The summed E-state index contributed by atoms with van der Waals surface area (Å²) in [5.41, 5.74) is 8.87. The lowest BCUT2D eigenvalue weighted by Crippen LogP contribution is -2.46. The summed E-state index contributed by atoms with van der Waals surface area (Å²) < 4.78 is 0. The quantitative estimate of drug-likeness (QED) is 0.625. The number of aromatic nitrogens is 2. The summed E-state index contributed by atoms with van der Waals surface area (Å²) in [6.45, 7) is 4.55. The van der Waals surface area contributed by atoms with E-state index in [9.17, 15) is 0 Å². The number of benzene rings is 2. The zero-order valence-electron chi connectivity index (χ0n) is 15.9. The number of nitrogens with zero attached hydrogens (tertiary/aromatic N) is 4. The number of nitrogen functional groups attached to an aromatic ring is 1. The molecule has 0 amide bonds. The average molecular weight is 429 g/mol. The number of rotatable bonds is 5. The Labute approximate surface area is 180 Å². The minimum Gasteiger partial charge on any atom is -0.393 e. The molecule has 1 saturated heterocycles. The molecule has 3 N–H and O–H groups in total. The van der Waals surface area contributed by atoms with Gasteiger partial charge < -0.3 is 16.0 Å². The van der Waals surface area contributed by atoms with Crippen LogP contribution in [0.2, 0.25) is 10.0 Å². The smallest absolute Gasteiger partial charge is 0.159 e. The van der Waals surface area contributed by atoms with E-state index in [4.69, 9.17) is 28.9 Å². The molecular weight excluding hydrogens is 407 g/mol. The highest BCUT2D eigenvalue weighted by atomic mass is 35.5. The third-order valence-corrected chi connectivity index (χ3v) is 5.53. The fourth-order valence-electron chi connectivity index (χ4n) is 3.42. The Balaban J connectivity index is 1.44. The summed E-state index contributed by atoms with van der Waals surface area (Å²) in [6, 6.07) is 15.7. The van der Waals surface area contributed by atoms with Crippen LogP contribution in [0, 0.1) is 0 Å². The number of nitrogens with one attached hydrogen (secondary N) is 1. The topological polar surface area (TPSA) is 70.3 Å². The second-order valence-corrected chi connectivity index (χ2v) is 7.80. The number of anilines is 4. The van der Waals surface area contributed by atoms with Crippen LogP contribution in [0.5, 0.6) is 0 Å². The summed E-state index contributed by atoms with van der Waals surface area (Å²) in [4.78, 5) is 13.3. The van der Waals surface area contributed by atoms with E-state index in [1.807, 2.05) is 6.07 Å². The number of piperazine rings is 1. The van der Waals surface area contributed by atoms with Gasteiger partial charge in [0.25, 0.3) is 0 Å². The van der Waals surface area contributed by atoms with Crippen LogP contribution in [0.1, 0.15) is 5.56 Å². The SMILES string of the molecule is Nc1c(Nc2cc(Cl)ccc2Cl)ncnc1N1CCN(Cc2ccccc2)CC1. The van der Waals surface area contributed by atoms with Crippen molar-refractivity contribution in [3.8, 4) is 0 Å². The first-order valence-electron chi connectivity index (χ1n) is 9.44. The molecule has 4 rings (SSSR count). The van der Waals surface area contributed by atoms with Crippen molar-refractivity contribution < 1.29 is 0 Å². The molecule has 1 fully saturated rings. The molecule has 150 valence electrons. The Bertz CT molecular complexity index is 974. The van der Waals surface area contributed by atoms with Gasteiger partial charge in [-0.2, -0.15) is 0 Å². The van der Waals surface area contributed by atoms with E-state index in [0.29, 0.717) is 27.2 Å². The first-order valence-corrected chi connectivity index (χ1v) is 10.2. The van der Waals surface area contributed by atoms with Gasteiger partial charge in [0.05, 0.1) is 10.7 Å². The van der Waals surface area contributed by atoms with Crippen LogP contribution in [-0.4, -0.2) is 41.0 Å². The van der Waals surface area contributed by atoms with Gasteiger partial charge >= 0.3 is 0 Å². The Hall–Kier alpha value is -2.54. The zero-order valence-corrected chi connectivity index (χ0v) is 17.4. The van der Waals surface area contributed by atoms with Crippen molar-refractivity contribution in [1.82, 2.24) is 14.9 Å². The van der Waals surface area contributed by atoms with Crippen LogP contribution in [0.25, 0.3) is 0 Å². The van der Waals surface area contributed by atoms with Crippen LogP contribution in [0.15, 0.2) is 54.9 Å². The van der Waals surface area contributed by atoms with Crippen LogP contribution in [-0.2, 0) is 6.54 Å². The van der Waals surface area contributed by atoms with Crippen molar-refractivity contribution >= 4 is 46.2 Å². The summed E-state index contributed by atoms with van der Waals surface area (Å²) in [5, 5.41) is 4.30. The Kier molecular flexibility index (Phi) is 6.04. The number of hydrogen-bond acceptors (Lipinski definition) is 6. The van der Waals surface area contributed by atoms with Crippen molar-refractivity contribution in [2.24, 2.45) is 0 Å². The molecule has 3 aromatic rings. The zero-order chi connectivity index (χ0) is 20.2. The number of nitrogens with two attached hydrogens (primary N) is 1. The maximum atomic E-state index is 6.39. The summed E-state index contributed by atoms with van der Waals surface area (Å²) in [6.07, 6.45) is 1.52. The molecule has 29 heavy (non-hydrogen) atoms. The molecule has 8 heteroatoms. The molecule has 2 aromatic carbocycles. The Morgan fingerprint density at radius 2 is 1.72 bits per heavy atom. The maximum absolute atomic E-state index is 6.39. The first kappa shape index (κ1) is 19.8. The lowest BCUT2D eigenvalue weighted by Gasteiger charge is -2.36. The Morgan fingerprint density at radius 3 is 2.48 bits per heavy atom. The van der Waals surface area contributed by atoms with Crippen LogP contribution in [0.4, 0.5) is 23.0 Å². The van der Waals surface area contributed by atoms with E-state index in [2.05, 4.69) is 49.4 Å². The molecule has 0 radical (unpaired) electrons. The molecule has 0 saturated carbocycles. The molecule has 0 aliphatic carbocycles. The minimum atomic E-state index is 0.500. The van der Waals surface area contributed by atoms with Crippen molar-refractivity contribution in [2.75, 3.05) is 42.1 Å². The molecule has 1 aromatic heterocycles. The second kappa shape index (κ2) is 8.86. The average Bonchev–Trinajstić information content (AvgIpc) is 2.74. The lowest BCUT2D eigenvalue weighted by atomic mass is 10.2. The van der Waals surface area contributed by atoms with Gasteiger partial charge in [-0.1, -0.05) is 53.5 Å². The molecule has 1 aliphatic rings. The molecule has 0 atom stereocenters. The van der Waals surface area contributed by atoms with E-state index < -0.39 is 0 Å². The first-order chi connectivity index (χ1) is 14.1. The maximum Gasteiger partial charge on any atom is 0.159 e. The van der Waals surface area contributed by atoms with E-state index in [0.717, 1.165) is 38.5 Å². The predicted octanol–water partition coefficient (Wildman–Crippen LogP) is 4.43. The predicted molar refractivity (Wildman–Crippen MR) is 120 cm³/mol. The fourth-order valence-corrected chi connectivity index (χ4v) is 3.76. The molecule has 0 spiro atoms. The van der Waals surface area contributed by atoms with E-state index >= 15 is 0 Å². The molecule has 2 heterocycles. The number of hydrogen-bond donors (Lipinski definition) is 2. The molecule has 1 aliphatic heterocycles. The molecular formula is C21H22Cl2N6. The van der Waals surface area contributed by atoms with Gasteiger partial charge in [0, 0.05) is 37.7 Å². The highest BCUT2D eigenvalue weighted by Crippen LogP contribution is 2.33. The third-order valence-electron chi connectivity index (χ3n) is 4.97. The normalized spacial score (nSPS) is 14.8. The van der Waals surface area contributed by atoms with Gasteiger partial charge in [0.15, 0.2) is 11.6 Å². The second-order valence-electron chi connectivity index (χ2n) is 6.96. The van der Waals surface area contributed by atoms with Crippen molar-refractivity contribution in [3.63, 3.8) is 0 Å².